The van der Waals surface area contributed by atoms with Crippen molar-refractivity contribution >= 4 is 39.1 Å². The Morgan fingerprint density at radius 3 is 2.38 bits per heavy atom. The number of hydrogen-bond donors (Lipinski definition) is 1. The number of rotatable bonds is 11. The fourth-order valence-corrected chi connectivity index (χ4v) is 6.78. The predicted molar refractivity (Wildman–Crippen MR) is 165 cm³/mol. The zero-order chi connectivity index (χ0) is 30.4. The summed E-state index contributed by atoms with van der Waals surface area (Å²) in [6.45, 7) is 4.86. The van der Waals surface area contributed by atoms with Crippen LogP contribution in [-0.4, -0.2) is 50.9 Å². The molecule has 1 aliphatic carbocycles. The smallest absolute Gasteiger partial charge is 0.264 e. The number of halogens is 1. The standard InChI is InChI=1S/C32H38ClN3O5S/c1-22-12-16-29(17-13-22)42(39,40)36(30-19-26(33)15-14-23(30)2)21-31(37)35(20-25-8-7-11-28(18-25)41-4)24(3)32(38)34-27-9-5-6-10-27/h7-8,11-19,24,27H,5-6,9-10,20-21H2,1-4H3,(H,34,38). The van der Waals surface area contributed by atoms with E-state index in [1.54, 1.807) is 63.4 Å². The zero-order valence-electron chi connectivity index (χ0n) is 24.5. The molecule has 10 heteroatoms. The Morgan fingerprint density at radius 1 is 1.02 bits per heavy atom. The van der Waals surface area contributed by atoms with Crippen molar-refractivity contribution in [2.75, 3.05) is 18.0 Å². The van der Waals surface area contributed by atoms with Gasteiger partial charge in [-0.2, -0.15) is 0 Å². The van der Waals surface area contributed by atoms with E-state index in [0.717, 1.165) is 41.1 Å². The molecular formula is C32H38ClN3O5S. The maximum Gasteiger partial charge on any atom is 0.264 e. The molecule has 1 saturated carbocycles. The van der Waals surface area contributed by atoms with Crippen molar-refractivity contribution in [3.63, 3.8) is 0 Å². The highest BCUT2D eigenvalue weighted by molar-refractivity contribution is 7.92. The molecule has 1 N–H and O–H groups in total. The number of hydrogen-bond acceptors (Lipinski definition) is 5. The van der Waals surface area contributed by atoms with Gasteiger partial charge in [0, 0.05) is 17.6 Å². The van der Waals surface area contributed by atoms with Gasteiger partial charge in [0.05, 0.1) is 17.7 Å². The number of sulfonamides is 1. The van der Waals surface area contributed by atoms with Gasteiger partial charge in [0.15, 0.2) is 0 Å². The Balaban J connectivity index is 1.72. The Bertz CT molecular complexity index is 1520. The average molecular weight is 612 g/mol. The molecule has 2 amide bonds. The van der Waals surface area contributed by atoms with Crippen LogP contribution in [0.4, 0.5) is 5.69 Å². The summed E-state index contributed by atoms with van der Waals surface area (Å²) in [6, 6.07) is 17.8. The normalized spacial score (nSPS) is 14.3. The first-order valence-corrected chi connectivity index (χ1v) is 15.9. The van der Waals surface area contributed by atoms with Crippen molar-refractivity contribution in [2.45, 2.75) is 70.0 Å². The number of benzene rings is 3. The van der Waals surface area contributed by atoms with Crippen LogP contribution in [0.2, 0.25) is 5.02 Å². The van der Waals surface area contributed by atoms with E-state index in [4.69, 9.17) is 16.3 Å². The van der Waals surface area contributed by atoms with Crippen LogP contribution in [0.15, 0.2) is 71.6 Å². The second kappa shape index (κ2) is 13.6. The van der Waals surface area contributed by atoms with E-state index in [0.29, 0.717) is 22.0 Å². The van der Waals surface area contributed by atoms with Crippen molar-refractivity contribution in [1.29, 1.82) is 0 Å². The second-order valence-electron chi connectivity index (χ2n) is 10.8. The monoisotopic (exact) mass is 611 g/mol. The van der Waals surface area contributed by atoms with Gasteiger partial charge in [-0.15, -0.1) is 0 Å². The number of carbonyl (C=O) groups excluding carboxylic acids is 2. The lowest BCUT2D eigenvalue weighted by Gasteiger charge is -2.33. The van der Waals surface area contributed by atoms with Crippen LogP contribution < -0.4 is 14.4 Å². The van der Waals surface area contributed by atoms with Gasteiger partial charge in [0.25, 0.3) is 10.0 Å². The van der Waals surface area contributed by atoms with Gasteiger partial charge in [-0.3, -0.25) is 13.9 Å². The molecule has 1 unspecified atom stereocenters. The van der Waals surface area contributed by atoms with E-state index in [2.05, 4.69) is 5.32 Å². The van der Waals surface area contributed by atoms with Crippen LogP contribution >= 0.6 is 11.6 Å². The molecule has 0 saturated heterocycles. The number of anilines is 1. The summed E-state index contributed by atoms with van der Waals surface area (Å²) < 4.78 is 34.6. The van der Waals surface area contributed by atoms with Crippen molar-refractivity contribution in [2.24, 2.45) is 0 Å². The molecule has 4 rings (SSSR count). The van der Waals surface area contributed by atoms with Crippen molar-refractivity contribution in [1.82, 2.24) is 10.2 Å². The minimum Gasteiger partial charge on any atom is -0.497 e. The molecule has 0 heterocycles. The maximum atomic E-state index is 14.2. The van der Waals surface area contributed by atoms with Crippen LogP contribution in [0.25, 0.3) is 0 Å². The van der Waals surface area contributed by atoms with Gasteiger partial charge in [-0.05, 0) is 81.1 Å². The topological polar surface area (TPSA) is 96.0 Å². The van der Waals surface area contributed by atoms with Crippen LogP contribution in [-0.2, 0) is 26.2 Å². The Labute approximate surface area is 253 Å². The van der Waals surface area contributed by atoms with Gasteiger partial charge >= 0.3 is 0 Å². The van der Waals surface area contributed by atoms with Crippen LogP contribution in [0.1, 0.15) is 49.3 Å². The summed E-state index contributed by atoms with van der Waals surface area (Å²) in [7, 11) is -2.62. The third-order valence-corrected chi connectivity index (χ3v) is 9.69. The zero-order valence-corrected chi connectivity index (χ0v) is 26.0. The third kappa shape index (κ3) is 7.44. The molecule has 224 valence electrons. The minimum absolute atomic E-state index is 0.0478. The lowest BCUT2D eigenvalue weighted by atomic mass is 10.1. The summed E-state index contributed by atoms with van der Waals surface area (Å²) in [5, 5.41) is 3.42. The first-order valence-electron chi connectivity index (χ1n) is 14.1. The highest BCUT2D eigenvalue weighted by atomic mass is 35.5. The second-order valence-corrected chi connectivity index (χ2v) is 13.1. The maximum absolute atomic E-state index is 14.2. The summed E-state index contributed by atoms with van der Waals surface area (Å²) in [4.78, 5) is 29.0. The highest BCUT2D eigenvalue weighted by Gasteiger charge is 2.34. The number of ether oxygens (including phenoxy) is 1. The highest BCUT2D eigenvalue weighted by Crippen LogP contribution is 2.30. The SMILES string of the molecule is COc1cccc(CN(C(=O)CN(c2cc(Cl)ccc2C)S(=O)(=O)c2ccc(C)cc2)C(C)C(=O)NC2CCCC2)c1. The van der Waals surface area contributed by atoms with Crippen LogP contribution in [0.5, 0.6) is 5.75 Å². The van der Waals surface area contributed by atoms with Crippen molar-refractivity contribution in [3.8, 4) is 5.75 Å². The first kappa shape index (κ1) is 31.4. The molecular weight excluding hydrogens is 574 g/mol. The number of methoxy groups -OCH3 is 1. The van der Waals surface area contributed by atoms with E-state index in [9.17, 15) is 18.0 Å². The molecule has 3 aromatic carbocycles. The Kier molecular flexibility index (Phi) is 10.2. The summed E-state index contributed by atoms with van der Waals surface area (Å²) in [6.07, 6.45) is 3.91. The Morgan fingerprint density at radius 2 is 1.71 bits per heavy atom. The molecule has 8 nitrogen and oxygen atoms in total. The molecule has 1 fully saturated rings. The lowest BCUT2D eigenvalue weighted by Crippen LogP contribution is -2.52. The van der Waals surface area contributed by atoms with E-state index in [1.165, 1.54) is 17.0 Å². The third-order valence-electron chi connectivity index (χ3n) is 7.68. The number of amides is 2. The molecule has 0 aliphatic heterocycles. The quantitative estimate of drug-likeness (QED) is 0.303. The lowest BCUT2D eigenvalue weighted by molar-refractivity contribution is -0.139. The van der Waals surface area contributed by atoms with Gasteiger partial charge in [0.1, 0.15) is 18.3 Å². The van der Waals surface area contributed by atoms with Crippen LogP contribution in [0.3, 0.4) is 0 Å². The average Bonchev–Trinajstić information content (AvgIpc) is 3.49. The number of carbonyl (C=O) groups is 2. The number of aryl methyl sites for hydroxylation is 2. The summed E-state index contributed by atoms with van der Waals surface area (Å²) >= 11 is 6.30. The summed E-state index contributed by atoms with van der Waals surface area (Å²) in [5.74, 6) is -0.187. The molecule has 0 radical (unpaired) electrons. The Hall–Kier alpha value is -3.56. The molecule has 1 aliphatic rings. The van der Waals surface area contributed by atoms with Crippen molar-refractivity contribution < 1.29 is 22.7 Å². The molecule has 0 spiro atoms. The minimum atomic E-state index is -4.18. The van der Waals surface area contributed by atoms with E-state index in [1.807, 2.05) is 19.1 Å². The number of nitrogens with one attached hydrogen (secondary N) is 1. The van der Waals surface area contributed by atoms with Gasteiger partial charge in [-0.25, -0.2) is 8.42 Å². The van der Waals surface area contributed by atoms with E-state index in [-0.39, 0.29) is 23.4 Å². The van der Waals surface area contributed by atoms with Gasteiger partial charge in [0.2, 0.25) is 11.8 Å². The largest absolute Gasteiger partial charge is 0.497 e. The van der Waals surface area contributed by atoms with E-state index < -0.39 is 28.5 Å². The molecule has 0 aromatic heterocycles. The first-order chi connectivity index (χ1) is 20.0. The molecule has 1 atom stereocenters. The fourth-order valence-electron chi connectivity index (χ4n) is 5.14. The van der Waals surface area contributed by atoms with Crippen molar-refractivity contribution in [3.05, 3.63) is 88.4 Å². The molecule has 42 heavy (non-hydrogen) atoms. The van der Waals surface area contributed by atoms with E-state index >= 15 is 0 Å². The number of nitrogens with zero attached hydrogens (tertiary/aromatic N) is 2. The predicted octanol–water partition coefficient (Wildman–Crippen LogP) is 5.64. The van der Waals surface area contributed by atoms with Gasteiger partial charge in [-0.1, -0.05) is 60.3 Å². The van der Waals surface area contributed by atoms with Crippen LogP contribution in [0, 0.1) is 13.8 Å². The molecule has 0 bridgehead atoms. The fraction of sp³-hybridized carbons (Fsp3) is 0.375. The summed E-state index contributed by atoms with van der Waals surface area (Å²) in [5.41, 5.74) is 2.58. The van der Waals surface area contributed by atoms with Gasteiger partial charge < -0.3 is 15.0 Å². The molecule has 3 aromatic rings.